The first-order valence-corrected chi connectivity index (χ1v) is 3.74. The van der Waals surface area contributed by atoms with Crippen LogP contribution in [0.5, 0.6) is 0 Å². The molecular weight excluding hydrogens is 136 g/mol. The van der Waals surface area contributed by atoms with Crippen LogP contribution in [0.3, 0.4) is 0 Å². The number of hydrogen-bond donors (Lipinski definition) is 1. The summed E-state index contributed by atoms with van der Waals surface area (Å²) in [5.41, 5.74) is -0.811. The molecular formula is C7H13F2N. The summed E-state index contributed by atoms with van der Waals surface area (Å²) in [6.07, 6.45) is 0.0233. The number of hydrogen-bond acceptors (Lipinski definition) is 1. The van der Waals surface area contributed by atoms with Crippen molar-refractivity contribution in [1.82, 2.24) is 5.32 Å². The largest absolute Gasteiger partial charge is 0.307 e. The molecule has 3 heteroatoms. The molecule has 1 fully saturated rings. The van der Waals surface area contributed by atoms with Gasteiger partial charge < -0.3 is 5.32 Å². The summed E-state index contributed by atoms with van der Waals surface area (Å²) in [6, 6.07) is 0. The van der Waals surface area contributed by atoms with Crippen molar-refractivity contribution in [2.45, 2.75) is 38.2 Å². The number of rotatable bonds is 3. The van der Waals surface area contributed by atoms with Crippen LogP contribution in [0.1, 0.15) is 26.2 Å². The quantitative estimate of drug-likeness (QED) is 0.645. The SMILES string of the molecule is CCNC1(C(F)F)CCC1. The van der Waals surface area contributed by atoms with Gasteiger partial charge in [-0.1, -0.05) is 6.92 Å². The Morgan fingerprint density at radius 2 is 2.10 bits per heavy atom. The molecule has 0 bridgehead atoms. The van der Waals surface area contributed by atoms with E-state index in [1.54, 1.807) is 0 Å². The Morgan fingerprint density at radius 1 is 1.50 bits per heavy atom. The summed E-state index contributed by atoms with van der Waals surface area (Å²) in [4.78, 5) is 0. The normalized spacial score (nSPS) is 22.8. The minimum absolute atomic E-state index is 0.637. The van der Waals surface area contributed by atoms with Gasteiger partial charge in [0.05, 0.1) is 5.54 Å². The van der Waals surface area contributed by atoms with Crippen molar-refractivity contribution in [3.63, 3.8) is 0 Å². The lowest BCUT2D eigenvalue weighted by atomic mass is 9.77. The first-order valence-electron chi connectivity index (χ1n) is 3.74. The lowest BCUT2D eigenvalue weighted by molar-refractivity contribution is -0.0171. The third kappa shape index (κ3) is 1.15. The second-order valence-electron chi connectivity index (χ2n) is 2.84. The summed E-state index contributed by atoms with van der Waals surface area (Å²) in [5, 5.41) is 2.84. The van der Waals surface area contributed by atoms with Gasteiger partial charge in [-0.25, -0.2) is 8.78 Å². The van der Waals surface area contributed by atoms with Gasteiger partial charge in [0.25, 0.3) is 6.43 Å². The van der Waals surface area contributed by atoms with Crippen molar-refractivity contribution in [3.8, 4) is 0 Å². The Balaban J connectivity index is 2.42. The fraction of sp³-hybridized carbons (Fsp3) is 1.00. The summed E-state index contributed by atoms with van der Waals surface area (Å²) in [7, 11) is 0. The number of nitrogens with one attached hydrogen (secondary N) is 1. The highest BCUT2D eigenvalue weighted by Crippen LogP contribution is 2.36. The Labute approximate surface area is 59.8 Å². The maximum Gasteiger partial charge on any atom is 0.256 e. The lowest BCUT2D eigenvalue weighted by Crippen LogP contribution is -2.56. The maximum atomic E-state index is 12.3. The smallest absolute Gasteiger partial charge is 0.256 e. The third-order valence-electron chi connectivity index (χ3n) is 2.19. The molecule has 0 spiro atoms. The Bertz CT molecular complexity index is 110. The molecule has 0 amide bonds. The minimum atomic E-state index is -2.19. The molecule has 0 radical (unpaired) electrons. The Morgan fingerprint density at radius 3 is 2.20 bits per heavy atom. The average molecular weight is 149 g/mol. The molecule has 0 aromatic carbocycles. The second kappa shape index (κ2) is 2.82. The second-order valence-corrected chi connectivity index (χ2v) is 2.84. The third-order valence-corrected chi connectivity index (χ3v) is 2.19. The van der Waals surface area contributed by atoms with Gasteiger partial charge in [0.2, 0.25) is 0 Å². The molecule has 0 unspecified atom stereocenters. The van der Waals surface area contributed by atoms with E-state index in [0.717, 1.165) is 6.42 Å². The molecule has 1 N–H and O–H groups in total. The van der Waals surface area contributed by atoms with Gasteiger partial charge in [-0.05, 0) is 25.8 Å². The average Bonchev–Trinajstić information content (AvgIpc) is 1.77. The fourth-order valence-electron chi connectivity index (χ4n) is 1.38. The van der Waals surface area contributed by atoms with Gasteiger partial charge in [0, 0.05) is 0 Å². The van der Waals surface area contributed by atoms with Crippen LogP contribution in [0.4, 0.5) is 8.78 Å². The number of halogens is 2. The molecule has 1 aliphatic carbocycles. The maximum absolute atomic E-state index is 12.3. The monoisotopic (exact) mass is 149 g/mol. The molecule has 0 aromatic rings. The van der Waals surface area contributed by atoms with E-state index in [4.69, 9.17) is 0 Å². The summed E-state index contributed by atoms with van der Waals surface area (Å²) >= 11 is 0. The van der Waals surface area contributed by atoms with Crippen molar-refractivity contribution >= 4 is 0 Å². The van der Waals surface area contributed by atoms with Crippen molar-refractivity contribution in [2.24, 2.45) is 0 Å². The van der Waals surface area contributed by atoms with Crippen molar-refractivity contribution in [3.05, 3.63) is 0 Å². The molecule has 0 aliphatic heterocycles. The molecule has 60 valence electrons. The van der Waals surface area contributed by atoms with Crippen LogP contribution in [0.2, 0.25) is 0 Å². The van der Waals surface area contributed by atoms with Gasteiger partial charge in [-0.15, -0.1) is 0 Å². The van der Waals surface area contributed by atoms with E-state index in [1.165, 1.54) is 0 Å². The van der Waals surface area contributed by atoms with Gasteiger partial charge in [0.1, 0.15) is 0 Å². The van der Waals surface area contributed by atoms with Crippen LogP contribution in [0.15, 0.2) is 0 Å². The molecule has 1 saturated carbocycles. The van der Waals surface area contributed by atoms with E-state index in [9.17, 15) is 8.78 Å². The summed E-state index contributed by atoms with van der Waals surface area (Å²) < 4.78 is 24.5. The van der Waals surface area contributed by atoms with Crippen molar-refractivity contribution in [2.75, 3.05) is 6.54 Å². The molecule has 10 heavy (non-hydrogen) atoms. The summed E-state index contributed by atoms with van der Waals surface area (Å²) in [6.45, 7) is 2.51. The molecule has 0 atom stereocenters. The highest BCUT2D eigenvalue weighted by molar-refractivity contribution is 4.97. The Kier molecular flexibility index (Phi) is 2.24. The topological polar surface area (TPSA) is 12.0 Å². The molecule has 1 aliphatic rings. The van der Waals surface area contributed by atoms with Crippen LogP contribution in [-0.4, -0.2) is 18.5 Å². The Hall–Kier alpha value is -0.180. The van der Waals surface area contributed by atoms with Crippen LogP contribution < -0.4 is 5.32 Å². The molecule has 0 heterocycles. The highest BCUT2D eigenvalue weighted by Gasteiger charge is 2.44. The van der Waals surface area contributed by atoms with E-state index in [1.807, 2.05) is 6.92 Å². The predicted molar refractivity (Wildman–Crippen MR) is 36.3 cm³/mol. The fourth-order valence-corrected chi connectivity index (χ4v) is 1.38. The van der Waals surface area contributed by atoms with E-state index in [2.05, 4.69) is 5.32 Å². The lowest BCUT2D eigenvalue weighted by Gasteiger charge is -2.41. The standard InChI is InChI=1S/C7H13F2N/c1-2-10-7(6(8)9)4-3-5-7/h6,10H,2-5H2,1H3. The first kappa shape index (κ1) is 7.92. The predicted octanol–water partition coefficient (Wildman–Crippen LogP) is 1.78. The van der Waals surface area contributed by atoms with E-state index < -0.39 is 12.0 Å². The van der Waals surface area contributed by atoms with Crippen LogP contribution in [0.25, 0.3) is 0 Å². The zero-order chi connectivity index (χ0) is 7.61. The number of alkyl halides is 2. The summed E-state index contributed by atoms with van der Waals surface area (Å²) in [5.74, 6) is 0. The van der Waals surface area contributed by atoms with Crippen LogP contribution in [-0.2, 0) is 0 Å². The first-order chi connectivity index (χ1) is 4.71. The zero-order valence-electron chi connectivity index (χ0n) is 6.16. The van der Waals surface area contributed by atoms with Crippen LogP contribution >= 0.6 is 0 Å². The molecule has 1 rings (SSSR count). The molecule has 0 aromatic heterocycles. The zero-order valence-corrected chi connectivity index (χ0v) is 6.16. The van der Waals surface area contributed by atoms with Crippen LogP contribution in [0, 0.1) is 0 Å². The van der Waals surface area contributed by atoms with E-state index in [-0.39, 0.29) is 0 Å². The van der Waals surface area contributed by atoms with Crippen molar-refractivity contribution in [1.29, 1.82) is 0 Å². The van der Waals surface area contributed by atoms with Gasteiger partial charge in [0.15, 0.2) is 0 Å². The van der Waals surface area contributed by atoms with E-state index in [0.29, 0.717) is 19.4 Å². The minimum Gasteiger partial charge on any atom is -0.307 e. The van der Waals surface area contributed by atoms with E-state index >= 15 is 0 Å². The highest BCUT2D eigenvalue weighted by atomic mass is 19.3. The van der Waals surface area contributed by atoms with Gasteiger partial charge >= 0.3 is 0 Å². The van der Waals surface area contributed by atoms with Crippen molar-refractivity contribution < 1.29 is 8.78 Å². The molecule has 1 nitrogen and oxygen atoms in total. The van der Waals surface area contributed by atoms with Gasteiger partial charge in [-0.2, -0.15) is 0 Å². The van der Waals surface area contributed by atoms with Gasteiger partial charge in [-0.3, -0.25) is 0 Å². The molecule has 0 saturated heterocycles.